The molecule has 0 bridgehead atoms. The fourth-order valence-corrected chi connectivity index (χ4v) is 2.46. The van der Waals surface area contributed by atoms with Gasteiger partial charge in [0.2, 0.25) is 0 Å². The van der Waals surface area contributed by atoms with Gasteiger partial charge in [0.25, 0.3) is 5.91 Å². The Morgan fingerprint density at radius 3 is 2.39 bits per heavy atom. The Balaban J connectivity index is 2.02. The summed E-state index contributed by atoms with van der Waals surface area (Å²) in [6.45, 7) is 2.79. The number of thiophene rings is 1. The van der Waals surface area contributed by atoms with Crippen molar-refractivity contribution in [2.24, 2.45) is 0 Å². The predicted octanol–water partition coefficient (Wildman–Crippen LogP) is 3.58. The van der Waals surface area contributed by atoms with Gasteiger partial charge in [0.1, 0.15) is 0 Å². The van der Waals surface area contributed by atoms with Crippen molar-refractivity contribution < 1.29 is 4.79 Å². The Morgan fingerprint density at radius 2 is 1.83 bits per heavy atom. The highest BCUT2D eigenvalue weighted by atomic mass is 32.1. The zero-order valence-corrected chi connectivity index (χ0v) is 11.5. The van der Waals surface area contributed by atoms with Gasteiger partial charge in [-0.2, -0.15) is 11.3 Å². The van der Waals surface area contributed by atoms with Crippen molar-refractivity contribution in [1.82, 2.24) is 4.90 Å². The average molecular weight is 259 g/mol. The number of amides is 1. The first-order valence-corrected chi connectivity index (χ1v) is 7.00. The van der Waals surface area contributed by atoms with Crippen molar-refractivity contribution in [3.8, 4) is 0 Å². The summed E-state index contributed by atoms with van der Waals surface area (Å²) < 4.78 is 0. The van der Waals surface area contributed by atoms with E-state index < -0.39 is 0 Å². The van der Waals surface area contributed by atoms with Gasteiger partial charge in [0, 0.05) is 19.0 Å². The molecule has 0 spiro atoms. The molecule has 94 valence electrons. The van der Waals surface area contributed by atoms with Gasteiger partial charge < -0.3 is 4.90 Å². The smallest absolute Gasteiger partial charge is 0.254 e. The fraction of sp³-hybridized carbons (Fsp3) is 0.267. The number of hydrogen-bond acceptors (Lipinski definition) is 2. The highest BCUT2D eigenvalue weighted by Gasteiger charge is 2.11. The van der Waals surface area contributed by atoms with Crippen LogP contribution in [0, 0.1) is 0 Å². The first-order valence-electron chi connectivity index (χ1n) is 6.06. The molecule has 0 atom stereocenters. The Hall–Kier alpha value is -1.61. The summed E-state index contributed by atoms with van der Waals surface area (Å²) in [6, 6.07) is 10.3. The monoisotopic (exact) mass is 259 g/mol. The van der Waals surface area contributed by atoms with E-state index in [9.17, 15) is 4.79 Å². The van der Waals surface area contributed by atoms with E-state index in [4.69, 9.17) is 0 Å². The van der Waals surface area contributed by atoms with E-state index in [0.29, 0.717) is 6.54 Å². The molecular formula is C15H17NOS. The summed E-state index contributed by atoms with van der Waals surface area (Å²) in [7, 11) is 1.84. The molecule has 3 heteroatoms. The third-order valence-corrected chi connectivity index (χ3v) is 3.65. The maximum Gasteiger partial charge on any atom is 0.254 e. The van der Waals surface area contributed by atoms with Gasteiger partial charge in [0.05, 0.1) is 5.56 Å². The summed E-state index contributed by atoms with van der Waals surface area (Å²) in [5.74, 6) is 0.0795. The van der Waals surface area contributed by atoms with E-state index in [1.807, 2.05) is 23.9 Å². The van der Waals surface area contributed by atoms with Gasteiger partial charge in [-0.05, 0) is 29.0 Å². The molecule has 0 aliphatic carbocycles. The topological polar surface area (TPSA) is 20.3 Å². The molecule has 0 radical (unpaired) electrons. The van der Waals surface area contributed by atoms with Gasteiger partial charge in [-0.1, -0.05) is 31.2 Å². The zero-order valence-electron chi connectivity index (χ0n) is 10.7. The first-order chi connectivity index (χ1) is 8.70. The fourth-order valence-electron chi connectivity index (χ4n) is 1.83. The second-order valence-corrected chi connectivity index (χ2v) is 5.12. The highest BCUT2D eigenvalue weighted by Crippen LogP contribution is 2.12. The minimum atomic E-state index is 0.0795. The van der Waals surface area contributed by atoms with Crippen molar-refractivity contribution in [2.45, 2.75) is 19.9 Å². The third-order valence-electron chi connectivity index (χ3n) is 2.97. The van der Waals surface area contributed by atoms with E-state index in [1.165, 1.54) is 11.1 Å². The molecule has 1 aromatic carbocycles. The lowest BCUT2D eigenvalue weighted by Crippen LogP contribution is -2.25. The molecule has 0 saturated carbocycles. The van der Waals surface area contributed by atoms with Crippen LogP contribution in [0.1, 0.15) is 28.4 Å². The van der Waals surface area contributed by atoms with Crippen LogP contribution in [0.25, 0.3) is 0 Å². The summed E-state index contributed by atoms with van der Waals surface area (Å²) in [6.07, 6.45) is 1.05. The maximum absolute atomic E-state index is 12.1. The Kier molecular flexibility index (Phi) is 4.15. The number of carbonyl (C=O) groups is 1. The minimum Gasteiger partial charge on any atom is -0.337 e. The summed E-state index contributed by atoms with van der Waals surface area (Å²) >= 11 is 1.55. The quantitative estimate of drug-likeness (QED) is 0.821. The number of carbonyl (C=O) groups excluding carboxylic acids is 1. The van der Waals surface area contributed by atoms with Crippen LogP contribution in [0.15, 0.2) is 41.1 Å². The van der Waals surface area contributed by atoms with Crippen LogP contribution in [0.5, 0.6) is 0 Å². The van der Waals surface area contributed by atoms with Gasteiger partial charge in [-0.15, -0.1) is 0 Å². The maximum atomic E-state index is 12.1. The molecule has 1 heterocycles. The second-order valence-electron chi connectivity index (χ2n) is 4.34. The van der Waals surface area contributed by atoms with Crippen LogP contribution in [0.4, 0.5) is 0 Å². The SMILES string of the molecule is CCc1ccc(CN(C)C(=O)c2ccsc2)cc1. The van der Waals surface area contributed by atoms with E-state index >= 15 is 0 Å². The number of hydrogen-bond donors (Lipinski definition) is 0. The number of aryl methyl sites for hydroxylation is 1. The zero-order chi connectivity index (χ0) is 13.0. The summed E-state index contributed by atoms with van der Waals surface area (Å²) in [5, 5.41) is 3.82. The lowest BCUT2D eigenvalue weighted by Gasteiger charge is -2.16. The number of rotatable bonds is 4. The summed E-state index contributed by atoms with van der Waals surface area (Å²) in [5.41, 5.74) is 3.26. The standard InChI is InChI=1S/C15H17NOS/c1-3-12-4-6-13(7-5-12)10-16(2)15(17)14-8-9-18-11-14/h4-9,11H,3,10H2,1-2H3. The molecular weight excluding hydrogens is 242 g/mol. The van der Waals surface area contributed by atoms with Crippen LogP contribution >= 0.6 is 11.3 Å². The third kappa shape index (κ3) is 2.99. The second kappa shape index (κ2) is 5.83. The minimum absolute atomic E-state index is 0.0795. The van der Waals surface area contributed by atoms with Crippen molar-refractivity contribution in [2.75, 3.05) is 7.05 Å². The van der Waals surface area contributed by atoms with Gasteiger partial charge in [-0.25, -0.2) is 0 Å². The Morgan fingerprint density at radius 1 is 1.17 bits per heavy atom. The lowest BCUT2D eigenvalue weighted by atomic mass is 10.1. The van der Waals surface area contributed by atoms with Gasteiger partial charge >= 0.3 is 0 Å². The molecule has 18 heavy (non-hydrogen) atoms. The van der Waals surface area contributed by atoms with Crippen molar-refractivity contribution in [3.63, 3.8) is 0 Å². The number of benzene rings is 1. The highest BCUT2D eigenvalue weighted by molar-refractivity contribution is 7.08. The predicted molar refractivity (Wildman–Crippen MR) is 75.9 cm³/mol. The normalized spacial score (nSPS) is 10.3. The van der Waals surface area contributed by atoms with E-state index in [1.54, 1.807) is 16.2 Å². The van der Waals surface area contributed by atoms with Crippen molar-refractivity contribution >= 4 is 17.2 Å². The van der Waals surface area contributed by atoms with Crippen LogP contribution in [0.3, 0.4) is 0 Å². The van der Waals surface area contributed by atoms with Gasteiger partial charge in [-0.3, -0.25) is 4.79 Å². The van der Waals surface area contributed by atoms with Crippen LogP contribution in [0.2, 0.25) is 0 Å². The molecule has 2 aromatic rings. The van der Waals surface area contributed by atoms with Crippen molar-refractivity contribution in [3.05, 3.63) is 57.8 Å². The van der Waals surface area contributed by atoms with Crippen molar-refractivity contribution in [1.29, 1.82) is 0 Å². The summed E-state index contributed by atoms with van der Waals surface area (Å²) in [4.78, 5) is 13.8. The van der Waals surface area contributed by atoms with E-state index in [0.717, 1.165) is 12.0 Å². The first kappa shape index (κ1) is 12.8. The molecule has 1 aromatic heterocycles. The molecule has 0 saturated heterocycles. The molecule has 0 unspecified atom stereocenters. The Labute approximate surface area is 112 Å². The molecule has 2 nitrogen and oxygen atoms in total. The average Bonchev–Trinajstić information content (AvgIpc) is 2.92. The molecule has 1 amide bonds. The largest absolute Gasteiger partial charge is 0.337 e. The molecule has 0 N–H and O–H groups in total. The van der Waals surface area contributed by atoms with Gasteiger partial charge in [0.15, 0.2) is 0 Å². The molecule has 0 aliphatic heterocycles. The molecule has 0 fully saturated rings. The number of nitrogens with zero attached hydrogens (tertiary/aromatic N) is 1. The van der Waals surface area contributed by atoms with E-state index in [2.05, 4.69) is 31.2 Å². The Bertz CT molecular complexity index is 502. The lowest BCUT2D eigenvalue weighted by molar-refractivity contribution is 0.0785. The van der Waals surface area contributed by atoms with Crippen LogP contribution < -0.4 is 0 Å². The van der Waals surface area contributed by atoms with E-state index in [-0.39, 0.29) is 5.91 Å². The molecule has 2 rings (SSSR count). The molecule has 0 aliphatic rings. The van der Waals surface area contributed by atoms with Crippen LogP contribution in [-0.2, 0) is 13.0 Å². The van der Waals surface area contributed by atoms with Crippen LogP contribution in [-0.4, -0.2) is 17.9 Å².